The van der Waals surface area contributed by atoms with E-state index in [1.807, 2.05) is 36.0 Å². The number of carbonyl (C=O) groups excluding carboxylic acids is 1. The number of benzene rings is 1. The normalized spacial score (nSPS) is 22.0. The second-order valence-corrected chi connectivity index (χ2v) is 6.18. The molecule has 2 unspecified atom stereocenters. The van der Waals surface area contributed by atoms with Gasteiger partial charge in [-0.1, -0.05) is 13.0 Å². The molecule has 0 spiro atoms. The van der Waals surface area contributed by atoms with Crippen molar-refractivity contribution in [3.63, 3.8) is 0 Å². The van der Waals surface area contributed by atoms with Crippen molar-refractivity contribution >= 4 is 23.4 Å². The van der Waals surface area contributed by atoms with Crippen molar-refractivity contribution in [2.45, 2.75) is 24.6 Å². The van der Waals surface area contributed by atoms with Crippen LogP contribution in [0.3, 0.4) is 0 Å². The molecule has 1 amide bonds. The number of hydrogen-bond donors (Lipinski definition) is 2. The summed E-state index contributed by atoms with van der Waals surface area (Å²) in [5.74, 6) is 1.73. The van der Waals surface area contributed by atoms with Crippen LogP contribution in [0.4, 0.5) is 5.69 Å². The molecule has 1 aliphatic rings. The lowest BCUT2D eigenvalue weighted by Gasteiger charge is -2.14. The molecule has 5 heteroatoms. The van der Waals surface area contributed by atoms with E-state index in [1.54, 1.807) is 7.05 Å². The Labute approximate surface area is 118 Å². The summed E-state index contributed by atoms with van der Waals surface area (Å²) in [6, 6.07) is 8.29. The van der Waals surface area contributed by atoms with Gasteiger partial charge >= 0.3 is 0 Å². The van der Waals surface area contributed by atoms with Crippen molar-refractivity contribution in [2.24, 2.45) is 0 Å². The molecule has 0 aromatic heterocycles. The number of anilines is 1. The van der Waals surface area contributed by atoms with Gasteiger partial charge in [-0.3, -0.25) is 4.79 Å². The third kappa shape index (κ3) is 4.35. The van der Waals surface area contributed by atoms with Gasteiger partial charge in [-0.2, -0.15) is 11.8 Å². The molecule has 1 heterocycles. The molecule has 2 atom stereocenters. The first kappa shape index (κ1) is 14.1. The highest BCUT2D eigenvalue weighted by Gasteiger charge is 2.21. The number of rotatable bonds is 5. The van der Waals surface area contributed by atoms with Crippen LogP contribution in [0.2, 0.25) is 0 Å². The number of nitrogens with one attached hydrogen (secondary N) is 2. The van der Waals surface area contributed by atoms with E-state index >= 15 is 0 Å². The van der Waals surface area contributed by atoms with Crippen LogP contribution in [0.15, 0.2) is 24.3 Å². The Balaban J connectivity index is 1.89. The Morgan fingerprint density at radius 3 is 3.05 bits per heavy atom. The van der Waals surface area contributed by atoms with E-state index in [1.165, 1.54) is 6.42 Å². The zero-order chi connectivity index (χ0) is 13.7. The van der Waals surface area contributed by atoms with Crippen LogP contribution in [0, 0.1) is 0 Å². The maximum Gasteiger partial charge on any atom is 0.257 e. The zero-order valence-corrected chi connectivity index (χ0v) is 12.1. The largest absolute Gasteiger partial charge is 0.484 e. The van der Waals surface area contributed by atoms with Crippen LogP contribution in [-0.2, 0) is 4.79 Å². The number of likely N-dealkylation sites (N-methyl/N-ethyl adjacent to an activating group) is 1. The van der Waals surface area contributed by atoms with Crippen molar-refractivity contribution in [2.75, 3.05) is 24.7 Å². The lowest BCUT2D eigenvalue weighted by molar-refractivity contribution is -0.122. The Kier molecular flexibility index (Phi) is 4.96. The second kappa shape index (κ2) is 6.70. The van der Waals surface area contributed by atoms with Gasteiger partial charge in [0.05, 0.1) is 0 Å². The minimum Gasteiger partial charge on any atom is -0.484 e. The van der Waals surface area contributed by atoms with Crippen LogP contribution in [0.5, 0.6) is 5.75 Å². The lowest BCUT2D eigenvalue weighted by atomic mass is 10.2. The fourth-order valence-electron chi connectivity index (χ4n) is 2.05. The molecule has 0 bridgehead atoms. The van der Waals surface area contributed by atoms with E-state index < -0.39 is 0 Å². The van der Waals surface area contributed by atoms with Crippen LogP contribution in [-0.4, -0.2) is 36.6 Å². The van der Waals surface area contributed by atoms with Gasteiger partial charge in [0, 0.05) is 35.8 Å². The minimum absolute atomic E-state index is 0.0519. The highest BCUT2D eigenvalue weighted by Crippen LogP contribution is 2.29. The van der Waals surface area contributed by atoms with Gasteiger partial charge in [0.2, 0.25) is 0 Å². The predicted octanol–water partition coefficient (Wildman–Crippen LogP) is 2.12. The van der Waals surface area contributed by atoms with E-state index in [0.717, 1.165) is 16.7 Å². The maximum atomic E-state index is 11.1. The first-order chi connectivity index (χ1) is 9.17. The van der Waals surface area contributed by atoms with Gasteiger partial charge in [0.1, 0.15) is 5.75 Å². The molecule has 1 aromatic rings. The van der Waals surface area contributed by atoms with Crippen molar-refractivity contribution < 1.29 is 9.53 Å². The molecule has 104 valence electrons. The average molecular weight is 280 g/mol. The van der Waals surface area contributed by atoms with E-state index in [0.29, 0.717) is 11.8 Å². The number of ether oxygens (including phenoxy) is 1. The summed E-state index contributed by atoms with van der Waals surface area (Å²) in [5, 5.41) is 6.77. The Bertz CT molecular complexity index is 439. The van der Waals surface area contributed by atoms with Crippen LogP contribution >= 0.6 is 11.8 Å². The Morgan fingerprint density at radius 2 is 2.37 bits per heavy atom. The number of amides is 1. The van der Waals surface area contributed by atoms with Gasteiger partial charge in [-0.25, -0.2) is 0 Å². The van der Waals surface area contributed by atoms with E-state index in [9.17, 15) is 4.79 Å². The van der Waals surface area contributed by atoms with Crippen LogP contribution < -0.4 is 15.4 Å². The molecule has 1 saturated heterocycles. The average Bonchev–Trinajstić information content (AvgIpc) is 2.82. The monoisotopic (exact) mass is 280 g/mol. The van der Waals surface area contributed by atoms with Gasteiger partial charge < -0.3 is 15.4 Å². The van der Waals surface area contributed by atoms with Gasteiger partial charge in [-0.05, 0) is 18.6 Å². The number of thioether (sulfide) groups is 1. The summed E-state index contributed by atoms with van der Waals surface area (Å²) in [6.07, 6.45) is 1.19. The quantitative estimate of drug-likeness (QED) is 0.867. The maximum absolute atomic E-state index is 11.1. The topological polar surface area (TPSA) is 50.4 Å². The molecular formula is C14H20N2O2S. The van der Waals surface area contributed by atoms with Crippen molar-refractivity contribution in [1.82, 2.24) is 5.32 Å². The zero-order valence-electron chi connectivity index (χ0n) is 11.3. The first-order valence-electron chi connectivity index (χ1n) is 6.49. The second-order valence-electron chi connectivity index (χ2n) is 4.71. The lowest BCUT2D eigenvalue weighted by Crippen LogP contribution is -2.24. The number of hydrogen-bond acceptors (Lipinski definition) is 4. The number of carbonyl (C=O) groups is 1. The summed E-state index contributed by atoms with van der Waals surface area (Å²) in [4.78, 5) is 11.1. The SMILES string of the molecule is CNC(=O)COc1cccc(NC2CSC(C)C2)c1. The standard InChI is InChI=1S/C14H20N2O2S/c1-10-6-12(9-19-10)16-11-4-3-5-13(7-11)18-8-14(17)15-2/h3-5,7,10,12,16H,6,8-9H2,1-2H3,(H,15,17). The van der Waals surface area contributed by atoms with Gasteiger partial charge in [0.15, 0.2) is 6.61 Å². The Morgan fingerprint density at radius 1 is 1.53 bits per heavy atom. The molecule has 1 fully saturated rings. The van der Waals surface area contributed by atoms with E-state index in [-0.39, 0.29) is 12.5 Å². The predicted molar refractivity (Wildman–Crippen MR) is 80.0 cm³/mol. The first-order valence-corrected chi connectivity index (χ1v) is 7.54. The molecule has 2 rings (SSSR count). The summed E-state index contributed by atoms with van der Waals surface area (Å²) < 4.78 is 5.43. The minimum atomic E-state index is -0.126. The fraction of sp³-hybridized carbons (Fsp3) is 0.500. The Hall–Kier alpha value is -1.36. The molecule has 1 aromatic carbocycles. The third-order valence-electron chi connectivity index (χ3n) is 3.05. The third-order valence-corrected chi connectivity index (χ3v) is 4.41. The molecule has 0 aliphatic carbocycles. The fourth-order valence-corrected chi connectivity index (χ4v) is 3.20. The molecular weight excluding hydrogens is 260 g/mol. The van der Waals surface area contributed by atoms with Crippen molar-refractivity contribution in [1.29, 1.82) is 0 Å². The molecule has 19 heavy (non-hydrogen) atoms. The molecule has 0 saturated carbocycles. The van der Waals surface area contributed by atoms with E-state index in [4.69, 9.17) is 4.74 Å². The molecule has 0 radical (unpaired) electrons. The molecule has 1 aliphatic heterocycles. The highest BCUT2D eigenvalue weighted by atomic mass is 32.2. The summed E-state index contributed by atoms with van der Waals surface area (Å²) in [7, 11) is 1.60. The molecule has 4 nitrogen and oxygen atoms in total. The van der Waals surface area contributed by atoms with E-state index in [2.05, 4.69) is 17.6 Å². The van der Waals surface area contributed by atoms with Crippen LogP contribution in [0.1, 0.15) is 13.3 Å². The summed E-state index contributed by atoms with van der Waals surface area (Å²) in [6.45, 7) is 2.31. The summed E-state index contributed by atoms with van der Waals surface area (Å²) >= 11 is 2.00. The van der Waals surface area contributed by atoms with Crippen LogP contribution in [0.25, 0.3) is 0 Å². The highest BCUT2D eigenvalue weighted by molar-refractivity contribution is 8.00. The molecule has 2 N–H and O–H groups in total. The van der Waals surface area contributed by atoms with Crippen molar-refractivity contribution in [3.8, 4) is 5.75 Å². The van der Waals surface area contributed by atoms with Gasteiger partial charge in [0.25, 0.3) is 5.91 Å². The van der Waals surface area contributed by atoms with Gasteiger partial charge in [-0.15, -0.1) is 0 Å². The summed E-state index contributed by atoms with van der Waals surface area (Å²) in [5.41, 5.74) is 1.05. The smallest absolute Gasteiger partial charge is 0.257 e. The van der Waals surface area contributed by atoms with Crippen molar-refractivity contribution in [3.05, 3.63) is 24.3 Å².